The molecule has 0 spiro atoms. The van der Waals surface area contributed by atoms with Gasteiger partial charge in [0, 0.05) is 17.2 Å². The predicted octanol–water partition coefficient (Wildman–Crippen LogP) is 1.66. The summed E-state index contributed by atoms with van der Waals surface area (Å²) in [5.74, 6) is 6.03. The Hall–Kier alpha value is -2.45. The number of nitrogens with two attached hydrogens (primary N) is 1. The molecule has 24 heavy (non-hydrogen) atoms. The molecular weight excluding hydrogens is 328 g/mol. The number of hydrogen-bond acceptors (Lipinski definition) is 4. The summed E-state index contributed by atoms with van der Waals surface area (Å²) < 4.78 is 21.5. The molecule has 1 aromatic heterocycles. The van der Waals surface area contributed by atoms with Crippen molar-refractivity contribution in [1.29, 1.82) is 0 Å². The number of hydrogen-bond donors (Lipinski definition) is 3. The average molecular weight is 346 g/mol. The van der Waals surface area contributed by atoms with Crippen molar-refractivity contribution in [2.24, 2.45) is 0 Å². The first-order valence-corrected chi connectivity index (χ1v) is 8.54. The van der Waals surface area contributed by atoms with Gasteiger partial charge >= 0.3 is 0 Å². The minimum Gasteiger partial charge on any atom is -0.349 e. The third-order valence-corrected chi connectivity index (χ3v) is 4.54. The molecule has 1 amide bonds. The molecule has 1 heterocycles. The Balaban J connectivity index is 1.90. The summed E-state index contributed by atoms with van der Waals surface area (Å²) in [6.45, 7) is 5.37. The summed E-state index contributed by atoms with van der Waals surface area (Å²) in [6.07, 6.45) is 3.58. The van der Waals surface area contributed by atoms with E-state index in [1.54, 1.807) is 12.1 Å². The van der Waals surface area contributed by atoms with E-state index in [0.29, 0.717) is 17.3 Å². The van der Waals surface area contributed by atoms with Gasteiger partial charge in [-0.05, 0) is 37.5 Å². The van der Waals surface area contributed by atoms with Crippen LogP contribution in [0, 0.1) is 6.92 Å². The van der Waals surface area contributed by atoms with Gasteiger partial charge in [0.2, 0.25) is 0 Å². The second-order valence-corrected chi connectivity index (χ2v) is 6.78. The van der Waals surface area contributed by atoms with E-state index in [4.69, 9.17) is 10.4 Å². The molecule has 1 aliphatic rings. The normalized spacial score (nSPS) is 15.1. The van der Waals surface area contributed by atoms with E-state index in [9.17, 15) is 9.00 Å². The van der Waals surface area contributed by atoms with Gasteiger partial charge in [-0.1, -0.05) is 12.6 Å². The van der Waals surface area contributed by atoms with E-state index in [1.807, 2.05) is 13.0 Å². The zero-order valence-electron chi connectivity index (χ0n) is 13.2. The van der Waals surface area contributed by atoms with Crippen molar-refractivity contribution in [1.82, 2.24) is 15.0 Å². The number of benzene rings is 1. The van der Waals surface area contributed by atoms with Gasteiger partial charge in [-0.2, -0.15) is 0 Å². The topological polar surface area (TPSA) is 110 Å². The fourth-order valence-corrected chi connectivity index (χ4v) is 2.73. The smallest absolute Gasteiger partial charge is 0.251 e. The highest BCUT2D eigenvalue weighted by Crippen LogP contribution is 2.25. The van der Waals surface area contributed by atoms with E-state index in [1.165, 1.54) is 10.9 Å². The fraction of sp³-hybridized carbons (Fsp3) is 0.250. The monoisotopic (exact) mass is 346 g/mol. The van der Waals surface area contributed by atoms with Crippen LogP contribution in [0.3, 0.4) is 0 Å². The van der Waals surface area contributed by atoms with E-state index >= 15 is 0 Å². The van der Waals surface area contributed by atoms with Crippen molar-refractivity contribution in [3.05, 3.63) is 47.9 Å². The summed E-state index contributed by atoms with van der Waals surface area (Å²) >= 11 is -2.24. The van der Waals surface area contributed by atoms with E-state index in [2.05, 4.69) is 16.9 Å². The molecule has 1 atom stereocenters. The Morgan fingerprint density at radius 2 is 2.21 bits per heavy atom. The van der Waals surface area contributed by atoms with Crippen LogP contribution in [0.15, 0.2) is 31.0 Å². The number of aromatic nitrogens is 2. The molecule has 1 aromatic carbocycles. The quantitative estimate of drug-likeness (QED) is 0.563. The third kappa shape index (κ3) is 3.10. The largest absolute Gasteiger partial charge is 0.349 e. The minimum absolute atomic E-state index is 0.0686. The molecule has 8 heteroatoms. The van der Waals surface area contributed by atoms with E-state index in [-0.39, 0.29) is 16.6 Å². The van der Waals surface area contributed by atoms with Crippen LogP contribution in [0.25, 0.3) is 16.2 Å². The molecule has 126 valence electrons. The molecule has 2 aromatic rings. The van der Waals surface area contributed by atoms with Crippen LogP contribution in [0.1, 0.15) is 34.6 Å². The van der Waals surface area contributed by atoms with Crippen molar-refractivity contribution >= 4 is 21.9 Å². The lowest BCUT2D eigenvalue weighted by Crippen LogP contribution is -2.26. The van der Waals surface area contributed by atoms with Crippen molar-refractivity contribution in [3.63, 3.8) is 0 Å². The van der Waals surface area contributed by atoms with E-state index in [0.717, 1.165) is 24.0 Å². The number of rotatable bonds is 5. The Bertz CT molecular complexity index is 855. The Morgan fingerprint density at radius 3 is 2.79 bits per heavy atom. The molecular formula is C16H18N4O3S. The molecule has 1 aliphatic carbocycles. The molecule has 4 N–H and O–H groups in total. The van der Waals surface area contributed by atoms with E-state index < -0.39 is 11.1 Å². The molecule has 1 fully saturated rings. The van der Waals surface area contributed by atoms with Crippen molar-refractivity contribution < 1.29 is 13.6 Å². The van der Waals surface area contributed by atoms with Gasteiger partial charge < -0.3 is 15.7 Å². The van der Waals surface area contributed by atoms with Crippen LogP contribution in [0.2, 0.25) is 0 Å². The van der Waals surface area contributed by atoms with Crippen molar-refractivity contribution in [2.75, 3.05) is 5.84 Å². The molecule has 1 unspecified atom stereocenters. The number of amides is 1. The highest BCUT2D eigenvalue weighted by Gasteiger charge is 2.24. The Labute approximate surface area is 141 Å². The third-order valence-electron chi connectivity index (χ3n) is 3.94. The second kappa shape index (κ2) is 6.21. The maximum Gasteiger partial charge on any atom is 0.251 e. The van der Waals surface area contributed by atoms with Gasteiger partial charge in [-0.3, -0.25) is 4.79 Å². The van der Waals surface area contributed by atoms with Crippen molar-refractivity contribution in [3.8, 4) is 11.3 Å². The minimum atomic E-state index is -2.24. The predicted molar refractivity (Wildman–Crippen MR) is 92.8 cm³/mol. The lowest BCUT2D eigenvalue weighted by atomic mass is 10.0. The summed E-state index contributed by atoms with van der Waals surface area (Å²) in [4.78, 5) is 16.2. The van der Waals surface area contributed by atoms with Crippen molar-refractivity contribution in [2.45, 2.75) is 25.8 Å². The standard InChI is InChI=1S/C16H18N4O3S/c1-9-7-11(3-6-13(9)16(21)19-12-4-5-12)14-8-18-15(20(14)17)10(2)24(22)23/h3,6-8,12H,2,4-5,17H2,1H3,(H,19,21)(H,22,23). The molecule has 7 nitrogen and oxygen atoms in total. The Morgan fingerprint density at radius 1 is 1.50 bits per heavy atom. The zero-order valence-corrected chi connectivity index (χ0v) is 14.0. The number of aryl methyl sites for hydroxylation is 1. The number of imidazole rings is 1. The van der Waals surface area contributed by atoms with Crippen LogP contribution in [-0.2, 0) is 11.1 Å². The van der Waals surface area contributed by atoms with Crippen LogP contribution in [-0.4, -0.2) is 30.4 Å². The van der Waals surface area contributed by atoms with Gasteiger partial charge in [0.25, 0.3) is 5.91 Å². The maximum atomic E-state index is 12.2. The van der Waals surface area contributed by atoms with Gasteiger partial charge in [0.1, 0.15) is 4.91 Å². The molecule has 1 saturated carbocycles. The molecule has 0 bridgehead atoms. The fourth-order valence-electron chi connectivity index (χ4n) is 2.43. The summed E-state index contributed by atoms with van der Waals surface area (Å²) in [6, 6.07) is 5.66. The highest BCUT2D eigenvalue weighted by atomic mass is 32.2. The average Bonchev–Trinajstić information content (AvgIpc) is 3.26. The maximum absolute atomic E-state index is 12.2. The lowest BCUT2D eigenvalue weighted by molar-refractivity contribution is 0.0950. The lowest BCUT2D eigenvalue weighted by Gasteiger charge is -2.10. The van der Waals surface area contributed by atoms with Gasteiger partial charge in [0.15, 0.2) is 16.9 Å². The second-order valence-electron chi connectivity index (χ2n) is 5.79. The SMILES string of the molecule is C=C(c1ncc(-c2ccc(C(=O)NC3CC3)c(C)c2)n1N)S(=O)O. The first kappa shape index (κ1) is 16.4. The number of nitrogens with zero attached hydrogens (tertiary/aromatic N) is 2. The summed E-state index contributed by atoms with van der Waals surface area (Å²) in [5, 5.41) is 2.96. The molecule has 0 saturated heterocycles. The number of carbonyl (C=O) groups is 1. The van der Waals surface area contributed by atoms with Crippen LogP contribution < -0.4 is 11.2 Å². The number of nitrogens with one attached hydrogen (secondary N) is 1. The molecule has 0 radical (unpaired) electrons. The first-order valence-electron chi connectivity index (χ1n) is 7.43. The van der Waals surface area contributed by atoms with Crippen LogP contribution >= 0.6 is 0 Å². The highest BCUT2D eigenvalue weighted by molar-refractivity contribution is 7.89. The van der Waals surface area contributed by atoms with Crippen LogP contribution in [0.4, 0.5) is 0 Å². The number of carbonyl (C=O) groups excluding carboxylic acids is 1. The van der Waals surface area contributed by atoms with Gasteiger partial charge in [0.05, 0.1) is 11.9 Å². The molecule has 0 aliphatic heterocycles. The molecule has 3 rings (SSSR count). The number of nitrogen functional groups attached to an aromatic ring is 1. The van der Waals surface area contributed by atoms with Gasteiger partial charge in [-0.25, -0.2) is 13.9 Å². The Kier molecular flexibility index (Phi) is 4.25. The zero-order chi connectivity index (χ0) is 17.4. The first-order chi connectivity index (χ1) is 11.4. The summed E-state index contributed by atoms with van der Waals surface area (Å²) in [7, 11) is 0. The van der Waals surface area contributed by atoms with Crippen LogP contribution in [0.5, 0.6) is 0 Å². The van der Waals surface area contributed by atoms with Gasteiger partial charge in [-0.15, -0.1) is 0 Å². The summed E-state index contributed by atoms with van der Waals surface area (Å²) in [5.41, 5.74) is 2.76.